The number of rotatable bonds is 8. The van der Waals surface area contributed by atoms with E-state index in [0.717, 1.165) is 43.4 Å². The van der Waals surface area contributed by atoms with Crippen LogP contribution in [0.15, 0.2) is 58.5 Å². The minimum absolute atomic E-state index is 0.0215. The van der Waals surface area contributed by atoms with Crippen molar-refractivity contribution >= 4 is 22.1 Å². The summed E-state index contributed by atoms with van der Waals surface area (Å²) >= 11 is 0. The van der Waals surface area contributed by atoms with E-state index in [1.54, 1.807) is 0 Å². The SMILES string of the molecule is CCc1ccc(/C=N\NC(=O)CN(C2CCCCC2)S(=O)(=O)c2ccc(F)cc2)cc1. The van der Waals surface area contributed by atoms with Crippen molar-refractivity contribution in [2.75, 3.05) is 6.54 Å². The van der Waals surface area contributed by atoms with Crippen molar-refractivity contribution in [1.82, 2.24) is 9.73 Å². The maximum Gasteiger partial charge on any atom is 0.255 e. The van der Waals surface area contributed by atoms with Crippen molar-refractivity contribution in [1.29, 1.82) is 0 Å². The molecule has 0 aromatic heterocycles. The Morgan fingerprint density at radius 3 is 2.35 bits per heavy atom. The van der Waals surface area contributed by atoms with Crippen LogP contribution in [0.1, 0.15) is 50.2 Å². The van der Waals surface area contributed by atoms with Gasteiger partial charge < -0.3 is 0 Å². The van der Waals surface area contributed by atoms with Crippen LogP contribution in [0.3, 0.4) is 0 Å². The summed E-state index contributed by atoms with van der Waals surface area (Å²) < 4.78 is 40.9. The van der Waals surface area contributed by atoms with Gasteiger partial charge in [0.2, 0.25) is 10.0 Å². The number of halogens is 1. The number of carbonyl (C=O) groups is 1. The Morgan fingerprint density at radius 2 is 1.74 bits per heavy atom. The summed E-state index contributed by atoms with van der Waals surface area (Å²) in [5, 5.41) is 3.97. The molecule has 3 rings (SSSR count). The number of benzene rings is 2. The maximum atomic E-state index is 13.3. The second-order valence-corrected chi connectivity index (χ2v) is 9.57. The van der Waals surface area contributed by atoms with Crippen LogP contribution in [0.5, 0.6) is 0 Å². The monoisotopic (exact) mass is 445 g/mol. The van der Waals surface area contributed by atoms with E-state index in [1.165, 1.54) is 28.2 Å². The van der Waals surface area contributed by atoms with Crippen LogP contribution in [-0.4, -0.2) is 37.4 Å². The highest BCUT2D eigenvalue weighted by molar-refractivity contribution is 7.89. The molecule has 1 saturated carbocycles. The molecule has 0 heterocycles. The Labute approximate surface area is 183 Å². The number of amides is 1. The molecule has 0 saturated heterocycles. The number of sulfonamides is 1. The molecule has 1 amide bonds. The summed E-state index contributed by atoms with van der Waals surface area (Å²) in [7, 11) is -3.94. The van der Waals surface area contributed by atoms with Gasteiger partial charge in [-0.2, -0.15) is 9.41 Å². The van der Waals surface area contributed by atoms with E-state index in [0.29, 0.717) is 12.8 Å². The van der Waals surface area contributed by atoms with E-state index >= 15 is 0 Å². The zero-order chi connectivity index (χ0) is 22.3. The number of hydrogen-bond acceptors (Lipinski definition) is 4. The predicted octanol–water partition coefficient (Wildman–Crippen LogP) is 3.86. The average Bonchev–Trinajstić information content (AvgIpc) is 2.78. The van der Waals surface area contributed by atoms with Crippen LogP contribution in [0.2, 0.25) is 0 Å². The third-order valence-corrected chi connectivity index (χ3v) is 7.41. The van der Waals surface area contributed by atoms with Gasteiger partial charge >= 0.3 is 0 Å². The molecule has 166 valence electrons. The highest BCUT2D eigenvalue weighted by Crippen LogP contribution is 2.27. The van der Waals surface area contributed by atoms with Gasteiger partial charge in [0.05, 0.1) is 17.7 Å². The molecule has 0 radical (unpaired) electrons. The molecule has 31 heavy (non-hydrogen) atoms. The van der Waals surface area contributed by atoms with Gasteiger partial charge in [-0.15, -0.1) is 0 Å². The fourth-order valence-corrected chi connectivity index (χ4v) is 5.36. The molecule has 2 aromatic rings. The normalized spacial score (nSPS) is 15.5. The van der Waals surface area contributed by atoms with Gasteiger partial charge in [-0.3, -0.25) is 4.79 Å². The number of carbonyl (C=O) groups excluding carboxylic acids is 1. The van der Waals surface area contributed by atoms with Crippen LogP contribution in [-0.2, 0) is 21.2 Å². The van der Waals surface area contributed by atoms with E-state index in [1.807, 2.05) is 24.3 Å². The second kappa shape index (κ2) is 10.6. The number of nitrogens with zero attached hydrogens (tertiary/aromatic N) is 2. The van der Waals surface area contributed by atoms with E-state index in [9.17, 15) is 17.6 Å². The molecule has 0 unspecified atom stereocenters. The van der Waals surface area contributed by atoms with Gasteiger partial charge in [0.1, 0.15) is 5.82 Å². The summed E-state index contributed by atoms with van der Waals surface area (Å²) in [6.45, 7) is 1.73. The van der Waals surface area contributed by atoms with Gasteiger partial charge in [0, 0.05) is 6.04 Å². The van der Waals surface area contributed by atoms with E-state index < -0.39 is 21.7 Å². The van der Waals surface area contributed by atoms with Gasteiger partial charge in [-0.1, -0.05) is 50.5 Å². The Hall–Kier alpha value is -2.58. The summed E-state index contributed by atoms with van der Waals surface area (Å²) in [6.07, 6.45) is 6.72. The average molecular weight is 446 g/mol. The topological polar surface area (TPSA) is 78.8 Å². The van der Waals surface area contributed by atoms with Crippen LogP contribution >= 0.6 is 0 Å². The van der Waals surface area contributed by atoms with Gasteiger partial charge in [0.25, 0.3) is 5.91 Å². The molecule has 1 N–H and O–H groups in total. The smallest absolute Gasteiger partial charge is 0.255 e. The molecule has 0 bridgehead atoms. The fraction of sp³-hybridized carbons (Fsp3) is 0.391. The summed E-state index contributed by atoms with van der Waals surface area (Å²) in [6, 6.07) is 12.2. The van der Waals surface area contributed by atoms with E-state index in [4.69, 9.17) is 0 Å². The summed E-state index contributed by atoms with van der Waals surface area (Å²) in [4.78, 5) is 12.5. The standard InChI is InChI=1S/C23H28FN3O3S/c1-2-18-8-10-19(11-9-18)16-25-26-23(28)17-27(21-6-4-3-5-7-21)31(29,30)22-14-12-20(24)13-15-22/h8-16,21H,2-7,17H2,1H3,(H,26,28)/b25-16-. The molecule has 0 atom stereocenters. The zero-order valence-electron chi connectivity index (χ0n) is 17.6. The second-order valence-electron chi connectivity index (χ2n) is 7.68. The van der Waals surface area contributed by atoms with E-state index in [2.05, 4.69) is 17.5 Å². The molecule has 0 aliphatic heterocycles. The molecule has 1 fully saturated rings. The lowest BCUT2D eigenvalue weighted by atomic mass is 9.95. The Bertz CT molecular complexity index is 999. The lowest BCUT2D eigenvalue weighted by Gasteiger charge is -2.32. The third-order valence-electron chi connectivity index (χ3n) is 5.49. The predicted molar refractivity (Wildman–Crippen MR) is 119 cm³/mol. The summed E-state index contributed by atoms with van der Waals surface area (Å²) in [5.74, 6) is -1.03. The Kier molecular flexibility index (Phi) is 7.92. The molecule has 0 spiro atoms. The minimum Gasteiger partial charge on any atom is -0.272 e. The van der Waals surface area contributed by atoms with Crippen molar-refractivity contribution in [3.63, 3.8) is 0 Å². The first-order valence-corrected chi connectivity index (χ1v) is 12.0. The number of hydrazone groups is 1. The van der Waals surface area contributed by atoms with Crippen LogP contribution in [0.25, 0.3) is 0 Å². The van der Waals surface area contributed by atoms with Crippen molar-refractivity contribution in [2.45, 2.75) is 56.4 Å². The molecule has 1 aliphatic rings. The first-order valence-electron chi connectivity index (χ1n) is 10.6. The minimum atomic E-state index is -3.94. The van der Waals surface area contributed by atoms with Crippen molar-refractivity contribution in [3.05, 3.63) is 65.5 Å². The summed E-state index contributed by atoms with van der Waals surface area (Å²) in [5.41, 5.74) is 4.46. The molecular weight excluding hydrogens is 417 g/mol. The lowest BCUT2D eigenvalue weighted by Crippen LogP contribution is -2.46. The molecule has 8 heteroatoms. The van der Waals surface area contributed by atoms with Crippen LogP contribution in [0, 0.1) is 5.82 Å². The fourth-order valence-electron chi connectivity index (χ4n) is 3.72. The number of nitrogens with one attached hydrogen (secondary N) is 1. The molecular formula is C23H28FN3O3S. The first kappa shape index (κ1) is 23.1. The highest BCUT2D eigenvalue weighted by atomic mass is 32.2. The number of hydrogen-bond donors (Lipinski definition) is 1. The van der Waals surface area contributed by atoms with Crippen molar-refractivity contribution < 1.29 is 17.6 Å². The number of aryl methyl sites for hydroxylation is 1. The van der Waals surface area contributed by atoms with E-state index in [-0.39, 0.29) is 17.5 Å². The lowest BCUT2D eigenvalue weighted by molar-refractivity contribution is -0.121. The van der Waals surface area contributed by atoms with Crippen LogP contribution < -0.4 is 5.43 Å². The first-order chi connectivity index (χ1) is 14.9. The van der Waals surface area contributed by atoms with Crippen molar-refractivity contribution in [2.24, 2.45) is 5.10 Å². The molecule has 6 nitrogen and oxygen atoms in total. The van der Waals surface area contributed by atoms with Gasteiger partial charge in [-0.05, 0) is 54.7 Å². The van der Waals surface area contributed by atoms with Gasteiger partial charge in [0.15, 0.2) is 0 Å². The Morgan fingerprint density at radius 1 is 1.10 bits per heavy atom. The Balaban J connectivity index is 1.72. The maximum absolute atomic E-state index is 13.3. The quantitative estimate of drug-likeness (QED) is 0.495. The molecule has 2 aromatic carbocycles. The van der Waals surface area contributed by atoms with Crippen molar-refractivity contribution in [3.8, 4) is 0 Å². The van der Waals surface area contributed by atoms with Crippen LogP contribution in [0.4, 0.5) is 4.39 Å². The third kappa shape index (κ3) is 6.21. The molecule has 1 aliphatic carbocycles. The zero-order valence-corrected chi connectivity index (χ0v) is 18.4. The highest BCUT2D eigenvalue weighted by Gasteiger charge is 2.33. The largest absolute Gasteiger partial charge is 0.272 e. The van der Waals surface area contributed by atoms with Gasteiger partial charge in [-0.25, -0.2) is 18.2 Å².